The van der Waals surface area contributed by atoms with Crippen LogP contribution < -0.4 is 15.8 Å². The van der Waals surface area contributed by atoms with Gasteiger partial charge in [0.25, 0.3) is 0 Å². The number of methoxy groups -OCH3 is 1. The Bertz CT molecular complexity index is 1100. The maximum absolute atomic E-state index is 13.9. The van der Waals surface area contributed by atoms with E-state index in [4.69, 9.17) is 10.5 Å². The minimum Gasteiger partial charge on any atom is -0.497 e. The first-order valence-electron chi connectivity index (χ1n) is 9.81. The Kier molecular flexibility index (Phi) is 7.58. The molecule has 0 saturated carbocycles. The van der Waals surface area contributed by atoms with E-state index in [1.807, 2.05) is 6.92 Å². The highest BCUT2D eigenvalue weighted by atomic mass is 32.2. The number of sulfone groups is 1. The van der Waals surface area contributed by atoms with Gasteiger partial charge in [-0.3, -0.25) is 0 Å². The SMILES string of the molecule is CCCC(N)C(Nc1nc(Cc2ccccc2F)ns1)S(=O)(=O)c1ccc(OC)cc1. The molecule has 31 heavy (non-hydrogen) atoms. The molecule has 0 aliphatic heterocycles. The number of hydrogen-bond acceptors (Lipinski definition) is 8. The Balaban J connectivity index is 1.84. The Morgan fingerprint density at radius 2 is 1.90 bits per heavy atom. The van der Waals surface area contributed by atoms with Crippen molar-refractivity contribution < 1.29 is 17.5 Å². The summed E-state index contributed by atoms with van der Waals surface area (Å²) in [4.78, 5) is 4.49. The lowest BCUT2D eigenvalue weighted by atomic mass is 10.1. The second-order valence-electron chi connectivity index (χ2n) is 7.02. The number of rotatable bonds is 10. The third-order valence-electron chi connectivity index (χ3n) is 4.77. The van der Waals surface area contributed by atoms with Crippen LogP contribution in [0.15, 0.2) is 53.4 Å². The molecule has 0 bridgehead atoms. The molecule has 166 valence electrons. The Morgan fingerprint density at radius 3 is 2.55 bits per heavy atom. The fraction of sp³-hybridized carbons (Fsp3) is 0.333. The molecule has 3 rings (SSSR count). The summed E-state index contributed by atoms with van der Waals surface area (Å²) >= 11 is 1.02. The molecule has 10 heteroatoms. The van der Waals surface area contributed by atoms with Crippen LogP contribution in [0.2, 0.25) is 0 Å². The van der Waals surface area contributed by atoms with Gasteiger partial charge in [-0.05, 0) is 42.3 Å². The van der Waals surface area contributed by atoms with E-state index >= 15 is 0 Å². The second kappa shape index (κ2) is 10.2. The number of hydrogen-bond donors (Lipinski definition) is 2. The number of nitrogens with two attached hydrogens (primary N) is 1. The van der Waals surface area contributed by atoms with Gasteiger partial charge in [-0.2, -0.15) is 4.37 Å². The fourth-order valence-electron chi connectivity index (χ4n) is 3.13. The van der Waals surface area contributed by atoms with E-state index in [1.165, 1.54) is 25.3 Å². The summed E-state index contributed by atoms with van der Waals surface area (Å²) in [6, 6.07) is 11.9. The van der Waals surface area contributed by atoms with Crippen LogP contribution in [0.5, 0.6) is 5.75 Å². The van der Waals surface area contributed by atoms with Crippen molar-refractivity contribution in [2.75, 3.05) is 12.4 Å². The molecule has 0 spiro atoms. The van der Waals surface area contributed by atoms with E-state index in [-0.39, 0.29) is 17.1 Å². The van der Waals surface area contributed by atoms with Crippen molar-refractivity contribution in [3.8, 4) is 5.75 Å². The minimum atomic E-state index is -3.81. The maximum atomic E-state index is 13.9. The van der Waals surface area contributed by atoms with Gasteiger partial charge in [-0.15, -0.1) is 0 Å². The Labute approximate surface area is 185 Å². The monoisotopic (exact) mass is 464 g/mol. The molecule has 2 unspecified atom stereocenters. The van der Waals surface area contributed by atoms with Crippen LogP contribution in [0.3, 0.4) is 0 Å². The number of ether oxygens (including phenoxy) is 1. The van der Waals surface area contributed by atoms with Gasteiger partial charge >= 0.3 is 0 Å². The lowest BCUT2D eigenvalue weighted by Crippen LogP contribution is -2.45. The molecule has 3 aromatic rings. The molecule has 2 atom stereocenters. The number of halogens is 1. The molecular weight excluding hydrogens is 439 g/mol. The van der Waals surface area contributed by atoms with Crippen molar-refractivity contribution in [1.82, 2.24) is 9.36 Å². The summed E-state index contributed by atoms with van der Waals surface area (Å²) in [6.07, 6.45) is 1.45. The molecule has 0 saturated heterocycles. The maximum Gasteiger partial charge on any atom is 0.203 e. The Morgan fingerprint density at radius 1 is 1.19 bits per heavy atom. The van der Waals surface area contributed by atoms with E-state index in [0.717, 1.165) is 18.0 Å². The summed E-state index contributed by atoms with van der Waals surface area (Å²) in [5, 5.41) is 2.19. The summed E-state index contributed by atoms with van der Waals surface area (Å²) in [5.41, 5.74) is 6.72. The zero-order valence-corrected chi connectivity index (χ0v) is 18.9. The predicted octanol–water partition coefficient (Wildman–Crippen LogP) is 3.62. The van der Waals surface area contributed by atoms with E-state index in [0.29, 0.717) is 28.7 Å². The standard InChI is InChI=1S/C21H25FN4O3S2/c1-3-6-18(23)20(31(27,28)16-11-9-15(29-2)10-12-16)25-21-24-19(26-30-21)13-14-7-4-5-8-17(14)22/h4-5,7-12,18,20H,3,6,13,23H2,1-2H3,(H,24,25,26). The largest absolute Gasteiger partial charge is 0.497 e. The van der Waals surface area contributed by atoms with Gasteiger partial charge in [0.05, 0.1) is 12.0 Å². The quantitative estimate of drug-likeness (QED) is 0.472. The normalized spacial score (nSPS) is 13.5. The zero-order valence-electron chi connectivity index (χ0n) is 17.3. The third kappa shape index (κ3) is 5.57. The average Bonchev–Trinajstić information content (AvgIpc) is 3.21. The number of nitrogens with zero attached hydrogens (tertiary/aromatic N) is 2. The van der Waals surface area contributed by atoms with E-state index in [9.17, 15) is 12.8 Å². The van der Waals surface area contributed by atoms with E-state index < -0.39 is 21.3 Å². The molecule has 3 N–H and O–H groups in total. The molecular formula is C21H25FN4O3S2. The summed E-state index contributed by atoms with van der Waals surface area (Å²) in [7, 11) is -2.30. The summed E-state index contributed by atoms with van der Waals surface area (Å²) in [5.74, 6) is 0.627. The van der Waals surface area contributed by atoms with Gasteiger partial charge in [-0.25, -0.2) is 17.8 Å². The molecule has 0 radical (unpaired) electrons. The number of nitrogens with one attached hydrogen (secondary N) is 1. The van der Waals surface area contributed by atoms with Gasteiger partial charge < -0.3 is 15.8 Å². The fourth-order valence-corrected chi connectivity index (χ4v) is 5.50. The van der Waals surface area contributed by atoms with Crippen molar-refractivity contribution in [3.63, 3.8) is 0 Å². The molecule has 7 nitrogen and oxygen atoms in total. The van der Waals surface area contributed by atoms with Crippen molar-refractivity contribution >= 4 is 26.5 Å². The average molecular weight is 465 g/mol. The van der Waals surface area contributed by atoms with Gasteiger partial charge in [0.2, 0.25) is 15.0 Å². The second-order valence-corrected chi connectivity index (χ2v) is 9.84. The van der Waals surface area contributed by atoms with Crippen LogP contribution in [0.4, 0.5) is 9.52 Å². The van der Waals surface area contributed by atoms with Crippen LogP contribution in [0, 0.1) is 5.82 Å². The van der Waals surface area contributed by atoms with Crippen molar-refractivity contribution in [2.24, 2.45) is 5.73 Å². The third-order valence-corrected chi connectivity index (χ3v) is 7.52. The topological polar surface area (TPSA) is 107 Å². The number of benzene rings is 2. The molecule has 2 aromatic carbocycles. The number of aromatic nitrogens is 2. The first kappa shape index (κ1) is 23.1. The van der Waals surface area contributed by atoms with Gasteiger partial charge in [0.15, 0.2) is 5.37 Å². The van der Waals surface area contributed by atoms with Crippen LogP contribution in [0.1, 0.15) is 31.2 Å². The summed E-state index contributed by atoms with van der Waals surface area (Å²) < 4.78 is 49.9. The van der Waals surface area contributed by atoms with E-state index in [2.05, 4.69) is 14.7 Å². The molecule has 0 aliphatic rings. The van der Waals surface area contributed by atoms with Crippen LogP contribution in [0.25, 0.3) is 0 Å². The first-order chi connectivity index (χ1) is 14.8. The molecule has 0 amide bonds. The van der Waals surface area contributed by atoms with Crippen molar-refractivity contribution in [1.29, 1.82) is 0 Å². The highest BCUT2D eigenvalue weighted by Crippen LogP contribution is 2.25. The lowest BCUT2D eigenvalue weighted by Gasteiger charge is -2.24. The Hall–Kier alpha value is -2.56. The molecule has 0 fully saturated rings. The number of anilines is 1. The van der Waals surface area contributed by atoms with E-state index in [1.54, 1.807) is 30.3 Å². The summed E-state index contributed by atoms with van der Waals surface area (Å²) in [6.45, 7) is 1.94. The predicted molar refractivity (Wildman–Crippen MR) is 120 cm³/mol. The van der Waals surface area contributed by atoms with Crippen LogP contribution in [-0.4, -0.2) is 36.3 Å². The van der Waals surface area contributed by atoms with Crippen LogP contribution in [-0.2, 0) is 16.3 Å². The van der Waals surface area contributed by atoms with Crippen molar-refractivity contribution in [2.45, 2.75) is 42.5 Å². The van der Waals surface area contributed by atoms with Crippen LogP contribution >= 0.6 is 11.5 Å². The zero-order chi connectivity index (χ0) is 22.4. The van der Waals surface area contributed by atoms with Crippen molar-refractivity contribution in [3.05, 3.63) is 65.7 Å². The molecule has 0 aliphatic carbocycles. The highest BCUT2D eigenvalue weighted by Gasteiger charge is 2.33. The van der Waals surface area contributed by atoms with Gasteiger partial charge in [0, 0.05) is 24.0 Å². The molecule has 1 heterocycles. The lowest BCUT2D eigenvalue weighted by molar-refractivity contribution is 0.414. The van der Waals surface area contributed by atoms with Gasteiger partial charge in [-0.1, -0.05) is 31.5 Å². The smallest absolute Gasteiger partial charge is 0.203 e. The molecule has 1 aromatic heterocycles. The highest BCUT2D eigenvalue weighted by molar-refractivity contribution is 7.92. The van der Waals surface area contributed by atoms with Gasteiger partial charge in [0.1, 0.15) is 17.4 Å². The first-order valence-corrected chi connectivity index (χ1v) is 12.1. The minimum absolute atomic E-state index is 0.133.